The predicted molar refractivity (Wildman–Crippen MR) is 113 cm³/mol. The summed E-state index contributed by atoms with van der Waals surface area (Å²) < 4.78 is 5.51. The van der Waals surface area contributed by atoms with Crippen LogP contribution in [0.2, 0.25) is 0 Å². The zero-order valence-corrected chi connectivity index (χ0v) is 17.1. The van der Waals surface area contributed by atoms with Crippen molar-refractivity contribution < 1.29 is 4.42 Å². The van der Waals surface area contributed by atoms with E-state index in [0.717, 1.165) is 24.2 Å². The van der Waals surface area contributed by atoms with Crippen LogP contribution in [-0.2, 0) is 13.0 Å². The number of nitrogens with zero attached hydrogens (tertiary/aromatic N) is 2. The lowest BCUT2D eigenvalue weighted by molar-refractivity contribution is 0.572. The number of aliphatic imine (C=N–C) groups is 1. The monoisotopic (exact) mass is 468 g/mol. The highest BCUT2D eigenvalue weighted by Gasteiger charge is 2.06. The number of hydrogen-bond donors (Lipinski definition) is 2. The van der Waals surface area contributed by atoms with Crippen molar-refractivity contribution >= 4 is 41.3 Å². The zero-order chi connectivity index (χ0) is 16.8. The van der Waals surface area contributed by atoms with Gasteiger partial charge in [-0.2, -0.15) is 0 Å². The number of benzene rings is 1. The van der Waals surface area contributed by atoms with Gasteiger partial charge in [-0.25, -0.2) is 9.98 Å². The summed E-state index contributed by atoms with van der Waals surface area (Å²) >= 11 is 1.74. The number of nitrogens with two attached hydrogens (primary N) is 1. The fourth-order valence-corrected chi connectivity index (χ4v) is 2.91. The van der Waals surface area contributed by atoms with Gasteiger partial charge in [0.2, 0.25) is 5.89 Å². The molecule has 25 heavy (non-hydrogen) atoms. The second-order valence-corrected chi connectivity index (χ2v) is 6.50. The van der Waals surface area contributed by atoms with E-state index in [0.29, 0.717) is 18.4 Å². The topological polar surface area (TPSA) is 76.4 Å². The minimum atomic E-state index is 0. The quantitative estimate of drug-likeness (QED) is 0.326. The van der Waals surface area contributed by atoms with E-state index in [4.69, 9.17) is 10.2 Å². The molecule has 2 aromatic heterocycles. The standard InChI is InChI=1S/C18H20N4OS.HI/c1-13-4-6-14(7-5-13)17-22-15(12-23-17)11-21-18(19)20-9-8-16-3-2-10-24-16;/h2-7,10,12H,8-9,11H2,1H3,(H3,19,20,21);1H. The summed E-state index contributed by atoms with van der Waals surface area (Å²) in [5, 5.41) is 5.18. The van der Waals surface area contributed by atoms with Crippen molar-refractivity contribution in [1.82, 2.24) is 10.3 Å². The third-order valence-electron chi connectivity index (χ3n) is 3.52. The van der Waals surface area contributed by atoms with Crippen LogP contribution in [0, 0.1) is 6.92 Å². The summed E-state index contributed by atoms with van der Waals surface area (Å²) in [5.74, 6) is 1.02. The molecule has 0 spiro atoms. The van der Waals surface area contributed by atoms with Crippen LogP contribution >= 0.6 is 35.3 Å². The molecule has 0 aliphatic carbocycles. The van der Waals surface area contributed by atoms with Gasteiger partial charge in [0.05, 0.1) is 6.54 Å². The third kappa shape index (κ3) is 5.86. The number of hydrogen-bond acceptors (Lipinski definition) is 4. The molecule has 1 aromatic carbocycles. The fourth-order valence-electron chi connectivity index (χ4n) is 2.20. The van der Waals surface area contributed by atoms with Gasteiger partial charge in [0.1, 0.15) is 12.0 Å². The first-order valence-corrected chi connectivity index (χ1v) is 8.66. The molecule has 0 saturated carbocycles. The lowest BCUT2D eigenvalue weighted by Crippen LogP contribution is -2.33. The summed E-state index contributed by atoms with van der Waals surface area (Å²) in [6.07, 6.45) is 2.56. The van der Waals surface area contributed by atoms with Gasteiger partial charge in [-0.15, -0.1) is 35.3 Å². The largest absolute Gasteiger partial charge is 0.444 e. The molecule has 0 aliphatic heterocycles. The average molecular weight is 468 g/mol. The molecule has 0 bridgehead atoms. The Labute approximate surface area is 168 Å². The van der Waals surface area contributed by atoms with Gasteiger partial charge in [0, 0.05) is 17.0 Å². The number of oxazole rings is 1. The van der Waals surface area contributed by atoms with Gasteiger partial charge in [-0.1, -0.05) is 23.8 Å². The number of thiophene rings is 1. The zero-order valence-electron chi connectivity index (χ0n) is 13.9. The second-order valence-electron chi connectivity index (χ2n) is 5.47. The van der Waals surface area contributed by atoms with Crippen LogP contribution < -0.4 is 11.1 Å². The molecular weight excluding hydrogens is 447 g/mol. The van der Waals surface area contributed by atoms with E-state index in [1.54, 1.807) is 17.6 Å². The van der Waals surface area contributed by atoms with Crippen molar-refractivity contribution in [3.05, 3.63) is 64.2 Å². The molecule has 0 atom stereocenters. The highest BCUT2D eigenvalue weighted by molar-refractivity contribution is 14.0. The Bertz CT molecular complexity index is 797. The van der Waals surface area contributed by atoms with Gasteiger partial charge < -0.3 is 15.5 Å². The van der Waals surface area contributed by atoms with Gasteiger partial charge in [0.15, 0.2) is 5.96 Å². The summed E-state index contributed by atoms with van der Waals surface area (Å²) in [4.78, 5) is 10.1. The molecule has 0 amide bonds. The number of guanidine groups is 1. The Morgan fingerprint density at radius 1 is 1.28 bits per heavy atom. The number of rotatable bonds is 6. The molecule has 7 heteroatoms. The molecular formula is C18H21IN4OS. The molecule has 2 heterocycles. The van der Waals surface area contributed by atoms with E-state index < -0.39 is 0 Å². The SMILES string of the molecule is Cc1ccc(-c2nc(CN=C(N)NCCc3cccs3)co2)cc1.I. The van der Waals surface area contributed by atoms with Crippen molar-refractivity contribution in [2.45, 2.75) is 19.9 Å². The molecule has 5 nitrogen and oxygen atoms in total. The minimum Gasteiger partial charge on any atom is -0.444 e. The Morgan fingerprint density at radius 3 is 2.80 bits per heavy atom. The molecule has 0 radical (unpaired) electrons. The van der Waals surface area contributed by atoms with Gasteiger partial charge in [-0.3, -0.25) is 0 Å². The van der Waals surface area contributed by atoms with Crippen molar-refractivity contribution in [2.24, 2.45) is 10.7 Å². The highest BCUT2D eigenvalue weighted by atomic mass is 127. The van der Waals surface area contributed by atoms with E-state index in [2.05, 4.69) is 26.7 Å². The summed E-state index contributed by atoms with van der Waals surface area (Å²) in [5.41, 5.74) is 8.80. The van der Waals surface area contributed by atoms with Gasteiger partial charge >= 0.3 is 0 Å². The third-order valence-corrected chi connectivity index (χ3v) is 4.46. The maximum atomic E-state index is 5.88. The molecule has 0 aliphatic rings. The number of halogens is 1. The van der Waals surface area contributed by atoms with Crippen LogP contribution in [0.4, 0.5) is 0 Å². The second kappa shape index (κ2) is 9.57. The van der Waals surface area contributed by atoms with Crippen molar-refractivity contribution in [3.63, 3.8) is 0 Å². The Balaban J connectivity index is 0.00000225. The molecule has 0 saturated heterocycles. The van der Waals surface area contributed by atoms with Gasteiger partial charge in [-0.05, 0) is 36.9 Å². The van der Waals surface area contributed by atoms with E-state index in [1.165, 1.54) is 10.4 Å². The van der Waals surface area contributed by atoms with E-state index in [9.17, 15) is 0 Å². The van der Waals surface area contributed by atoms with Gasteiger partial charge in [0.25, 0.3) is 0 Å². The van der Waals surface area contributed by atoms with E-state index >= 15 is 0 Å². The molecule has 0 fully saturated rings. The highest BCUT2D eigenvalue weighted by Crippen LogP contribution is 2.19. The maximum Gasteiger partial charge on any atom is 0.226 e. The van der Waals surface area contributed by atoms with Crippen LogP contribution in [-0.4, -0.2) is 17.5 Å². The normalized spacial score (nSPS) is 11.2. The van der Waals surface area contributed by atoms with E-state index in [-0.39, 0.29) is 24.0 Å². The first-order valence-electron chi connectivity index (χ1n) is 7.78. The van der Waals surface area contributed by atoms with Crippen LogP contribution in [0.1, 0.15) is 16.1 Å². The minimum absolute atomic E-state index is 0. The van der Waals surface area contributed by atoms with Crippen molar-refractivity contribution in [2.75, 3.05) is 6.54 Å². The van der Waals surface area contributed by atoms with Crippen LogP contribution in [0.25, 0.3) is 11.5 Å². The lowest BCUT2D eigenvalue weighted by atomic mass is 10.1. The molecule has 0 unspecified atom stereocenters. The van der Waals surface area contributed by atoms with Crippen LogP contribution in [0.3, 0.4) is 0 Å². The van der Waals surface area contributed by atoms with Crippen molar-refractivity contribution in [3.8, 4) is 11.5 Å². The Hall–Kier alpha value is -1.87. The summed E-state index contributed by atoms with van der Waals surface area (Å²) in [6, 6.07) is 12.2. The molecule has 3 N–H and O–H groups in total. The van der Waals surface area contributed by atoms with E-state index in [1.807, 2.05) is 37.3 Å². The Morgan fingerprint density at radius 2 is 2.08 bits per heavy atom. The molecule has 132 valence electrons. The lowest BCUT2D eigenvalue weighted by Gasteiger charge is -2.03. The number of aryl methyl sites for hydroxylation is 1. The number of nitrogens with one attached hydrogen (secondary N) is 1. The first-order chi connectivity index (χ1) is 11.7. The maximum absolute atomic E-state index is 5.88. The predicted octanol–water partition coefficient (Wildman–Crippen LogP) is 3.98. The smallest absolute Gasteiger partial charge is 0.226 e. The fraction of sp³-hybridized carbons (Fsp3) is 0.222. The molecule has 3 rings (SSSR count). The van der Waals surface area contributed by atoms with Crippen LogP contribution in [0.15, 0.2) is 57.5 Å². The number of aromatic nitrogens is 1. The first kappa shape index (κ1) is 19.5. The molecule has 3 aromatic rings. The van der Waals surface area contributed by atoms with Crippen LogP contribution in [0.5, 0.6) is 0 Å². The Kier molecular flexibility index (Phi) is 7.45. The summed E-state index contributed by atoms with van der Waals surface area (Å²) in [7, 11) is 0. The average Bonchev–Trinajstić information content (AvgIpc) is 3.25. The summed E-state index contributed by atoms with van der Waals surface area (Å²) in [6.45, 7) is 3.21. The van der Waals surface area contributed by atoms with Crippen molar-refractivity contribution in [1.29, 1.82) is 0 Å².